The van der Waals surface area contributed by atoms with Gasteiger partial charge in [-0.1, -0.05) is 24.3 Å². The van der Waals surface area contributed by atoms with Crippen LogP contribution in [0.2, 0.25) is 0 Å². The molecule has 6 nitrogen and oxygen atoms in total. The molecular formula is C24H20F4N4O2. The van der Waals surface area contributed by atoms with Crippen molar-refractivity contribution >= 4 is 17.8 Å². The maximum absolute atomic E-state index is 13.3. The lowest BCUT2D eigenvalue weighted by Crippen LogP contribution is -2.33. The van der Waals surface area contributed by atoms with Crippen LogP contribution in [0.15, 0.2) is 60.8 Å². The molecular weight excluding hydrogens is 452 g/mol. The van der Waals surface area contributed by atoms with E-state index in [9.17, 15) is 27.2 Å². The van der Waals surface area contributed by atoms with Gasteiger partial charge in [0.15, 0.2) is 0 Å². The molecule has 2 heterocycles. The number of aromatic nitrogens is 1. The van der Waals surface area contributed by atoms with Crippen molar-refractivity contribution < 1.29 is 27.2 Å². The molecule has 1 aliphatic rings. The summed E-state index contributed by atoms with van der Waals surface area (Å²) in [4.78, 5) is 32.4. The van der Waals surface area contributed by atoms with Crippen LogP contribution in [0.1, 0.15) is 32.6 Å². The number of pyridine rings is 1. The quantitative estimate of drug-likeness (QED) is 0.541. The Labute approximate surface area is 192 Å². The molecule has 1 aromatic heterocycles. The third-order valence-electron chi connectivity index (χ3n) is 5.60. The molecule has 176 valence electrons. The first-order valence-electron chi connectivity index (χ1n) is 10.4. The number of hydrogen-bond acceptors (Lipinski definition) is 3. The fourth-order valence-electron chi connectivity index (χ4n) is 3.87. The Morgan fingerprint density at radius 3 is 2.24 bits per heavy atom. The summed E-state index contributed by atoms with van der Waals surface area (Å²) in [5.74, 6) is -0.825. The highest BCUT2D eigenvalue weighted by Crippen LogP contribution is 2.30. The largest absolute Gasteiger partial charge is 0.416 e. The van der Waals surface area contributed by atoms with Crippen molar-refractivity contribution in [1.29, 1.82) is 0 Å². The van der Waals surface area contributed by atoms with E-state index in [0.29, 0.717) is 23.2 Å². The lowest BCUT2D eigenvalue weighted by atomic mass is 10.00. The van der Waals surface area contributed by atoms with Crippen molar-refractivity contribution in [3.8, 4) is 0 Å². The number of hydrogen-bond donors (Lipinski definition) is 1. The molecule has 1 saturated heterocycles. The number of benzene rings is 2. The molecule has 4 rings (SSSR count). The van der Waals surface area contributed by atoms with E-state index in [1.807, 2.05) is 0 Å². The minimum Gasteiger partial charge on any atom is -0.366 e. The Bertz CT molecular complexity index is 1210. The molecule has 10 heteroatoms. The van der Waals surface area contributed by atoms with Gasteiger partial charge in [-0.15, -0.1) is 0 Å². The number of halogens is 4. The second-order valence-corrected chi connectivity index (χ2v) is 7.88. The number of anilines is 1. The number of amides is 3. The van der Waals surface area contributed by atoms with E-state index >= 15 is 0 Å². The number of carbonyl (C=O) groups is 2. The van der Waals surface area contributed by atoms with Gasteiger partial charge in [0.1, 0.15) is 11.6 Å². The zero-order valence-corrected chi connectivity index (χ0v) is 17.8. The zero-order chi connectivity index (χ0) is 24.5. The third kappa shape index (κ3) is 4.85. The van der Waals surface area contributed by atoms with Crippen molar-refractivity contribution in [3.63, 3.8) is 0 Å². The van der Waals surface area contributed by atoms with Crippen LogP contribution in [0.3, 0.4) is 0 Å². The Morgan fingerprint density at radius 1 is 0.971 bits per heavy atom. The van der Waals surface area contributed by atoms with Crippen molar-refractivity contribution in [1.82, 2.24) is 9.88 Å². The predicted molar refractivity (Wildman–Crippen MR) is 117 cm³/mol. The van der Waals surface area contributed by atoms with E-state index in [1.165, 1.54) is 46.3 Å². The molecule has 0 atom stereocenters. The summed E-state index contributed by atoms with van der Waals surface area (Å²) in [5.41, 5.74) is 6.67. The zero-order valence-electron chi connectivity index (χ0n) is 17.8. The lowest BCUT2D eigenvalue weighted by molar-refractivity contribution is -0.137. The van der Waals surface area contributed by atoms with E-state index in [1.54, 1.807) is 12.1 Å². The fourth-order valence-corrected chi connectivity index (χ4v) is 3.87. The number of primary amides is 1. The standard InChI is InChI=1S/C24H20F4N4O2/c25-18-7-3-15(4-8-18)13-20-19(21(29)33)9-10-30-22(20)32-12-11-31(23(32)34)14-16-1-5-17(6-2-16)24(26,27)28/h1-10H,11-14H2,(H2,29,33). The predicted octanol–water partition coefficient (Wildman–Crippen LogP) is 4.37. The number of urea groups is 1. The summed E-state index contributed by atoms with van der Waals surface area (Å²) >= 11 is 0. The SMILES string of the molecule is NC(=O)c1ccnc(N2CCN(Cc3ccc(C(F)(F)F)cc3)C2=O)c1Cc1ccc(F)cc1. The lowest BCUT2D eigenvalue weighted by Gasteiger charge is -2.21. The van der Waals surface area contributed by atoms with Crippen LogP contribution in [-0.2, 0) is 19.1 Å². The molecule has 0 spiro atoms. The summed E-state index contributed by atoms with van der Waals surface area (Å²) < 4.78 is 51.7. The van der Waals surface area contributed by atoms with Crippen molar-refractivity contribution in [2.75, 3.05) is 18.0 Å². The minimum absolute atomic E-state index is 0.121. The Hall–Kier alpha value is -3.95. The van der Waals surface area contributed by atoms with Crippen LogP contribution in [0.25, 0.3) is 0 Å². The van der Waals surface area contributed by atoms with Gasteiger partial charge in [0.05, 0.1) is 5.56 Å². The van der Waals surface area contributed by atoms with E-state index in [0.717, 1.165) is 12.1 Å². The van der Waals surface area contributed by atoms with Gasteiger partial charge in [0.2, 0.25) is 5.91 Å². The first-order chi connectivity index (χ1) is 16.1. The Kier molecular flexibility index (Phi) is 6.23. The van der Waals surface area contributed by atoms with Gasteiger partial charge < -0.3 is 10.6 Å². The summed E-state index contributed by atoms with van der Waals surface area (Å²) in [6, 6.07) is 11.4. The van der Waals surface area contributed by atoms with Crippen molar-refractivity contribution in [2.24, 2.45) is 5.73 Å². The van der Waals surface area contributed by atoms with Gasteiger partial charge in [0, 0.05) is 43.4 Å². The van der Waals surface area contributed by atoms with Crippen LogP contribution in [0, 0.1) is 5.82 Å². The summed E-state index contributed by atoms with van der Waals surface area (Å²) in [6.07, 6.45) is -2.85. The second kappa shape index (κ2) is 9.12. The summed E-state index contributed by atoms with van der Waals surface area (Å²) in [5, 5.41) is 0. The van der Waals surface area contributed by atoms with E-state index in [-0.39, 0.29) is 30.9 Å². The average molecular weight is 472 g/mol. The van der Waals surface area contributed by atoms with Crippen LogP contribution in [-0.4, -0.2) is 34.9 Å². The number of nitrogens with zero attached hydrogens (tertiary/aromatic N) is 3. The van der Waals surface area contributed by atoms with Gasteiger partial charge >= 0.3 is 12.2 Å². The highest BCUT2D eigenvalue weighted by molar-refractivity contribution is 5.99. The number of carbonyl (C=O) groups excluding carboxylic acids is 2. The van der Waals surface area contributed by atoms with Crippen molar-refractivity contribution in [3.05, 3.63) is 94.4 Å². The highest BCUT2D eigenvalue weighted by atomic mass is 19.4. The molecule has 0 radical (unpaired) electrons. The molecule has 3 amide bonds. The molecule has 34 heavy (non-hydrogen) atoms. The topological polar surface area (TPSA) is 79.5 Å². The van der Waals surface area contributed by atoms with Crippen molar-refractivity contribution in [2.45, 2.75) is 19.1 Å². The average Bonchev–Trinajstić information content (AvgIpc) is 3.15. The molecule has 1 fully saturated rings. The third-order valence-corrected chi connectivity index (χ3v) is 5.60. The van der Waals surface area contributed by atoms with Gasteiger partial charge in [0.25, 0.3) is 0 Å². The first kappa shape index (κ1) is 23.2. The normalized spacial score (nSPS) is 14.1. The highest BCUT2D eigenvalue weighted by Gasteiger charge is 2.33. The van der Waals surface area contributed by atoms with E-state index in [4.69, 9.17) is 5.73 Å². The maximum Gasteiger partial charge on any atom is 0.416 e. The summed E-state index contributed by atoms with van der Waals surface area (Å²) in [6.45, 7) is 0.708. The van der Waals surface area contributed by atoms with Crippen LogP contribution >= 0.6 is 0 Å². The van der Waals surface area contributed by atoms with E-state index < -0.39 is 29.5 Å². The molecule has 1 aliphatic heterocycles. The number of rotatable bonds is 6. The maximum atomic E-state index is 13.3. The van der Waals surface area contributed by atoms with Gasteiger partial charge in [-0.2, -0.15) is 13.2 Å². The number of nitrogens with two attached hydrogens (primary N) is 1. The molecule has 0 bridgehead atoms. The monoisotopic (exact) mass is 472 g/mol. The van der Waals surface area contributed by atoms with Gasteiger partial charge in [-0.25, -0.2) is 14.2 Å². The molecule has 0 unspecified atom stereocenters. The Morgan fingerprint density at radius 2 is 1.62 bits per heavy atom. The fraction of sp³-hybridized carbons (Fsp3) is 0.208. The van der Waals surface area contributed by atoms with E-state index in [2.05, 4.69) is 4.98 Å². The van der Waals surface area contributed by atoms with Crippen LogP contribution in [0.4, 0.5) is 28.2 Å². The Balaban J connectivity index is 1.58. The number of alkyl halides is 3. The smallest absolute Gasteiger partial charge is 0.366 e. The van der Waals surface area contributed by atoms with Crippen LogP contribution in [0.5, 0.6) is 0 Å². The molecule has 2 aromatic carbocycles. The van der Waals surface area contributed by atoms with Gasteiger partial charge in [-0.3, -0.25) is 9.69 Å². The molecule has 0 aliphatic carbocycles. The first-order valence-corrected chi connectivity index (χ1v) is 10.4. The minimum atomic E-state index is -4.43. The molecule has 3 aromatic rings. The van der Waals surface area contributed by atoms with Crippen LogP contribution < -0.4 is 10.6 Å². The molecule has 0 saturated carbocycles. The molecule has 2 N–H and O–H groups in total. The summed E-state index contributed by atoms with van der Waals surface area (Å²) in [7, 11) is 0. The second-order valence-electron chi connectivity index (χ2n) is 7.88. The van der Waals surface area contributed by atoms with Gasteiger partial charge in [-0.05, 0) is 41.5 Å².